The maximum Gasteiger partial charge on any atom is 0.0795 e. The van der Waals surface area contributed by atoms with Crippen molar-refractivity contribution in [2.24, 2.45) is 23.7 Å². The third-order valence-corrected chi connectivity index (χ3v) is 13.3. The summed E-state index contributed by atoms with van der Waals surface area (Å²) in [6.07, 6.45) is 11.2. The largest absolute Gasteiger partial charge is 0.314 e. The molecule has 140 valence electrons. The van der Waals surface area contributed by atoms with Crippen LogP contribution in [0.1, 0.15) is 50.2 Å². The molecule has 6 atom stereocenters. The number of nitrogens with one attached hydrogen (secondary N) is 1. The van der Waals surface area contributed by atoms with E-state index in [0.717, 1.165) is 35.3 Å². The van der Waals surface area contributed by atoms with Crippen LogP contribution in [0.25, 0.3) is 6.08 Å². The smallest absolute Gasteiger partial charge is 0.0795 e. The summed E-state index contributed by atoms with van der Waals surface area (Å²) in [6, 6.07) is 9.93. The van der Waals surface area contributed by atoms with Gasteiger partial charge in [-0.05, 0) is 85.4 Å². The quantitative estimate of drug-likeness (QED) is 0.665. The number of allylic oxidation sites excluding steroid dienone is 1. The topological polar surface area (TPSA) is 12.0 Å². The van der Waals surface area contributed by atoms with Gasteiger partial charge in [0.2, 0.25) is 0 Å². The Hall–Kier alpha value is -0.863. The normalized spacial score (nSPS) is 39.1. The van der Waals surface area contributed by atoms with Crippen LogP contribution in [-0.4, -0.2) is 20.7 Å². The molecule has 4 aliphatic rings. The molecule has 0 aromatic heterocycles. The monoisotopic (exact) mass is 365 g/mol. The lowest BCUT2D eigenvalue weighted by Gasteiger charge is -2.46. The molecular weight excluding hydrogens is 330 g/mol. The third-order valence-electron chi connectivity index (χ3n) is 8.64. The number of fused-ring (bicyclic) bond motifs is 3. The van der Waals surface area contributed by atoms with Crippen LogP contribution < -0.4 is 5.32 Å². The molecule has 1 aromatic rings. The Bertz CT molecular complexity index is 721. The molecule has 0 bridgehead atoms. The molecular formula is C24H35NSi. The van der Waals surface area contributed by atoms with Gasteiger partial charge in [-0.25, -0.2) is 0 Å². The first-order chi connectivity index (χ1) is 12.5. The molecule has 3 aliphatic carbocycles. The fourth-order valence-corrected chi connectivity index (χ4v) is 12.2. The summed E-state index contributed by atoms with van der Waals surface area (Å²) in [5.74, 6) is 3.92. The van der Waals surface area contributed by atoms with Gasteiger partial charge in [-0.3, -0.25) is 0 Å². The first-order valence-corrected chi connectivity index (χ1v) is 14.1. The van der Waals surface area contributed by atoms with E-state index in [0.29, 0.717) is 0 Å². The van der Waals surface area contributed by atoms with Crippen LogP contribution in [0.3, 0.4) is 0 Å². The van der Waals surface area contributed by atoms with Crippen LogP contribution in [0.4, 0.5) is 0 Å². The van der Waals surface area contributed by atoms with Gasteiger partial charge in [-0.2, -0.15) is 0 Å². The number of hydrogen-bond acceptors (Lipinski definition) is 1. The van der Waals surface area contributed by atoms with E-state index >= 15 is 0 Å². The highest BCUT2D eigenvalue weighted by Gasteiger charge is 2.53. The third kappa shape index (κ3) is 2.67. The molecule has 0 amide bonds. The first kappa shape index (κ1) is 17.2. The Morgan fingerprint density at radius 1 is 1.04 bits per heavy atom. The number of piperidine rings is 1. The van der Waals surface area contributed by atoms with Gasteiger partial charge in [-0.15, -0.1) is 0 Å². The fourth-order valence-electron chi connectivity index (χ4n) is 7.54. The predicted molar refractivity (Wildman–Crippen MR) is 114 cm³/mol. The second-order valence-electron chi connectivity index (χ2n) is 10.4. The lowest BCUT2D eigenvalue weighted by molar-refractivity contribution is 0.126. The zero-order chi connectivity index (χ0) is 17.9. The van der Waals surface area contributed by atoms with Crippen molar-refractivity contribution in [2.45, 2.75) is 70.1 Å². The minimum Gasteiger partial charge on any atom is -0.314 e. The van der Waals surface area contributed by atoms with Gasteiger partial charge in [0.15, 0.2) is 0 Å². The summed E-state index contributed by atoms with van der Waals surface area (Å²) in [7, 11) is -1.43. The Morgan fingerprint density at radius 3 is 2.73 bits per heavy atom. The average molecular weight is 366 g/mol. The van der Waals surface area contributed by atoms with Crippen molar-refractivity contribution in [1.29, 1.82) is 0 Å². The highest BCUT2D eigenvalue weighted by Crippen LogP contribution is 2.59. The van der Waals surface area contributed by atoms with Gasteiger partial charge in [0.25, 0.3) is 0 Å². The van der Waals surface area contributed by atoms with Gasteiger partial charge in [0, 0.05) is 6.04 Å². The van der Waals surface area contributed by atoms with Crippen LogP contribution in [0, 0.1) is 23.7 Å². The standard InChI is InChI=1S/C24H35NSi/c1-16-11-20-12-19-9-6-10-25-23(19)15-22(20)24(16)26(2,3)21-13-17-7-4-5-8-18(17)14-21/h4-5,7-8,13,16,19-20,22-25H,6,9-12,14-15H2,1-3H3. The molecule has 6 unspecified atom stereocenters. The second kappa shape index (κ2) is 6.34. The zero-order valence-corrected chi connectivity index (χ0v) is 17.8. The van der Waals surface area contributed by atoms with Crippen molar-refractivity contribution in [1.82, 2.24) is 5.32 Å². The first-order valence-electron chi connectivity index (χ1n) is 11.1. The Morgan fingerprint density at radius 2 is 1.88 bits per heavy atom. The molecule has 5 rings (SSSR count). The minimum atomic E-state index is -1.43. The number of rotatable bonds is 2. The van der Waals surface area contributed by atoms with E-state index in [-0.39, 0.29) is 0 Å². The van der Waals surface area contributed by atoms with Gasteiger partial charge < -0.3 is 5.32 Å². The molecule has 0 radical (unpaired) electrons. The lowest BCUT2D eigenvalue weighted by atomic mass is 9.70. The van der Waals surface area contributed by atoms with E-state index in [1.807, 2.05) is 5.20 Å². The molecule has 1 aliphatic heterocycles. The Labute approximate surface area is 160 Å². The molecule has 3 fully saturated rings. The van der Waals surface area contributed by atoms with Gasteiger partial charge >= 0.3 is 0 Å². The number of hydrogen-bond donors (Lipinski definition) is 1. The SMILES string of the molecule is CC1CC2CC3CCCNC3CC2C1[Si](C)(C)C1=Cc2ccccc2C1. The average Bonchev–Trinajstić information content (AvgIpc) is 3.20. The van der Waals surface area contributed by atoms with Crippen molar-refractivity contribution in [2.75, 3.05) is 6.54 Å². The Balaban J connectivity index is 1.42. The molecule has 1 aromatic carbocycles. The van der Waals surface area contributed by atoms with E-state index in [1.54, 1.807) is 5.56 Å². The van der Waals surface area contributed by atoms with Crippen LogP contribution in [-0.2, 0) is 6.42 Å². The summed E-state index contributed by atoms with van der Waals surface area (Å²) < 4.78 is 0. The van der Waals surface area contributed by atoms with Crippen molar-refractivity contribution in [3.63, 3.8) is 0 Å². The van der Waals surface area contributed by atoms with E-state index in [2.05, 4.69) is 55.7 Å². The van der Waals surface area contributed by atoms with Crippen molar-refractivity contribution >= 4 is 14.1 Å². The number of benzene rings is 1. The van der Waals surface area contributed by atoms with Gasteiger partial charge in [-0.1, -0.05) is 55.6 Å². The Kier molecular flexibility index (Phi) is 4.21. The van der Waals surface area contributed by atoms with E-state index in [1.165, 1.54) is 50.6 Å². The van der Waals surface area contributed by atoms with Gasteiger partial charge in [0.05, 0.1) is 8.07 Å². The van der Waals surface area contributed by atoms with E-state index in [4.69, 9.17) is 0 Å². The van der Waals surface area contributed by atoms with Crippen LogP contribution in [0.2, 0.25) is 18.6 Å². The molecule has 1 heterocycles. The summed E-state index contributed by atoms with van der Waals surface area (Å²) in [4.78, 5) is 0. The van der Waals surface area contributed by atoms with Gasteiger partial charge in [0.1, 0.15) is 0 Å². The molecule has 0 spiro atoms. The molecule has 2 heteroatoms. The summed E-state index contributed by atoms with van der Waals surface area (Å²) in [5, 5.41) is 5.73. The summed E-state index contributed by atoms with van der Waals surface area (Å²) >= 11 is 0. The molecule has 1 saturated heterocycles. The van der Waals surface area contributed by atoms with E-state index in [9.17, 15) is 0 Å². The van der Waals surface area contributed by atoms with Crippen molar-refractivity contribution < 1.29 is 0 Å². The van der Waals surface area contributed by atoms with Crippen LogP contribution >= 0.6 is 0 Å². The van der Waals surface area contributed by atoms with Crippen molar-refractivity contribution in [3.05, 3.63) is 40.6 Å². The molecule has 1 nitrogen and oxygen atoms in total. The molecule has 1 N–H and O–H groups in total. The summed E-state index contributed by atoms with van der Waals surface area (Å²) in [5.41, 5.74) is 4.06. The lowest BCUT2D eigenvalue weighted by Crippen LogP contribution is -2.49. The predicted octanol–water partition coefficient (Wildman–Crippen LogP) is 5.68. The highest BCUT2D eigenvalue weighted by molar-refractivity contribution is 6.86. The molecule has 26 heavy (non-hydrogen) atoms. The second-order valence-corrected chi connectivity index (χ2v) is 15.1. The van der Waals surface area contributed by atoms with E-state index < -0.39 is 8.07 Å². The van der Waals surface area contributed by atoms with Crippen LogP contribution in [0.15, 0.2) is 29.5 Å². The zero-order valence-electron chi connectivity index (χ0n) is 16.8. The molecule has 2 saturated carbocycles. The van der Waals surface area contributed by atoms with Crippen molar-refractivity contribution in [3.8, 4) is 0 Å². The minimum absolute atomic E-state index is 0.831. The van der Waals surface area contributed by atoms with Crippen LogP contribution in [0.5, 0.6) is 0 Å². The fraction of sp³-hybridized carbons (Fsp3) is 0.667. The maximum atomic E-state index is 3.91. The highest BCUT2D eigenvalue weighted by atomic mass is 28.3. The maximum absolute atomic E-state index is 3.91. The summed E-state index contributed by atoms with van der Waals surface area (Å²) in [6.45, 7) is 9.26.